The Morgan fingerprint density at radius 3 is 2.87 bits per heavy atom. The molecule has 0 aromatic heterocycles. The molecule has 0 bridgehead atoms. The number of nitrogens with one attached hydrogen (secondary N) is 1. The molecule has 1 aromatic carbocycles. The van der Waals surface area contributed by atoms with Crippen LogP contribution in [-0.2, 0) is 0 Å². The Bertz CT molecular complexity index is 360. The van der Waals surface area contributed by atoms with Gasteiger partial charge in [-0.05, 0) is 31.2 Å². The third-order valence-electron chi connectivity index (χ3n) is 3.47. The molecule has 1 aliphatic heterocycles. The number of fused-ring (bicyclic) bond motifs is 1. The van der Waals surface area contributed by atoms with Crippen molar-refractivity contribution in [2.24, 2.45) is 0 Å². The first-order valence-corrected chi connectivity index (χ1v) is 5.66. The molecule has 2 atom stereocenters. The van der Waals surface area contributed by atoms with Crippen molar-refractivity contribution >= 4 is 5.69 Å². The van der Waals surface area contributed by atoms with Crippen molar-refractivity contribution < 1.29 is 0 Å². The topological polar surface area (TPSA) is 15.3 Å². The molecule has 0 aliphatic carbocycles. The van der Waals surface area contributed by atoms with Crippen LogP contribution in [-0.4, -0.2) is 20.6 Å². The van der Waals surface area contributed by atoms with Crippen LogP contribution in [0.3, 0.4) is 0 Å². The van der Waals surface area contributed by atoms with E-state index in [1.54, 1.807) is 0 Å². The molecule has 0 spiro atoms. The lowest BCUT2D eigenvalue weighted by Gasteiger charge is -2.17. The molecule has 0 amide bonds. The zero-order valence-corrected chi connectivity index (χ0v) is 10.0. The summed E-state index contributed by atoms with van der Waals surface area (Å²) in [6.45, 7) is 5.68. The van der Waals surface area contributed by atoms with E-state index in [-0.39, 0.29) is 0 Å². The Kier molecular flexibility index (Phi) is 2.70. The SMILES string of the molecule is CNC(C)c1cccc2c1C(C)CN2C. The molecular weight excluding hydrogens is 184 g/mol. The molecule has 1 aliphatic rings. The zero-order chi connectivity index (χ0) is 11.0. The van der Waals surface area contributed by atoms with Crippen molar-refractivity contribution in [3.63, 3.8) is 0 Å². The van der Waals surface area contributed by atoms with Crippen LogP contribution in [0, 0.1) is 0 Å². The van der Waals surface area contributed by atoms with Gasteiger partial charge in [0.2, 0.25) is 0 Å². The van der Waals surface area contributed by atoms with Crippen LogP contribution in [0.2, 0.25) is 0 Å². The predicted molar refractivity (Wildman–Crippen MR) is 65.6 cm³/mol. The zero-order valence-electron chi connectivity index (χ0n) is 10.0. The number of rotatable bonds is 2. The van der Waals surface area contributed by atoms with Gasteiger partial charge in [0.05, 0.1) is 0 Å². The second-order valence-electron chi connectivity index (χ2n) is 4.57. The minimum atomic E-state index is 0.439. The molecule has 2 heteroatoms. The Labute approximate surface area is 92.3 Å². The van der Waals surface area contributed by atoms with Crippen LogP contribution >= 0.6 is 0 Å². The molecule has 1 heterocycles. The summed E-state index contributed by atoms with van der Waals surface area (Å²) >= 11 is 0. The molecule has 1 aromatic rings. The van der Waals surface area contributed by atoms with E-state index in [0.29, 0.717) is 12.0 Å². The van der Waals surface area contributed by atoms with E-state index >= 15 is 0 Å². The summed E-state index contributed by atoms with van der Waals surface area (Å²) in [5.74, 6) is 0.650. The van der Waals surface area contributed by atoms with Gasteiger partial charge < -0.3 is 10.2 Å². The largest absolute Gasteiger partial charge is 0.374 e. The molecule has 1 N–H and O–H groups in total. The highest BCUT2D eigenvalue weighted by Gasteiger charge is 2.26. The van der Waals surface area contributed by atoms with Gasteiger partial charge in [0.1, 0.15) is 0 Å². The van der Waals surface area contributed by atoms with Crippen LogP contribution in [0.1, 0.15) is 36.9 Å². The average molecular weight is 204 g/mol. The summed E-state index contributed by atoms with van der Waals surface area (Å²) < 4.78 is 0. The first-order chi connectivity index (χ1) is 7.15. The lowest BCUT2D eigenvalue weighted by molar-refractivity contribution is 0.639. The van der Waals surface area contributed by atoms with E-state index in [4.69, 9.17) is 0 Å². The second-order valence-corrected chi connectivity index (χ2v) is 4.57. The van der Waals surface area contributed by atoms with Gasteiger partial charge in [-0.3, -0.25) is 0 Å². The van der Waals surface area contributed by atoms with Crippen molar-refractivity contribution in [1.82, 2.24) is 5.32 Å². The maximum atomic E-state index is 3.33. The maximum absolute atomic E-state index is 3.33. The van der Waals surface area contributed by atoms with Crippen LogP contribution in [0.15, 0.2) is 18.2 Å². The van der Waals surface area contributed by atoms with Gasteiger partial charge in [-0.1, -0.05) is 19.1 Å². The highest BCUT2D eigenvalue weighted by molar-refractivity contribution is 5.62. The van der Waals surface area contributed by atoms with Crippen LogP contribution in [0.25, 0.3) is 0 Å². The van der Waals surface area contributed by atoms with E-state index in [2.05, 4.69) is 49.3 Å². The lowest BCUT2D eigenvalue weighted by Crippen LogP contribution is -2.14. The predicted octanol–water partition coefficient (Wildman–Crippen LogP) is 2.52. The van der Waals surface area contributed by atoms with Crippen molar-refractivity contribution in [3.05, 3.63) is 29.3 Å². The molecule has 0 saturated heterocycles. The summed E-state index contributed by atoms with van der Waals surface area (Å²) in [5, 5.41) is 3.33. The van der Waals surface area contributed by atoms with Crippen LogP contribution < -0.4 is 10.2 Å². The van der Waals surface area contributed by atoms with Crippen molar-refractivity contribution in [1.29, 1.82) is 0 Å². The minimum Gasteiger partial charge on any atom is -0.374 e. The first-order valence-electron chi connectivity index (χ1n) is 5.66. The number of likely N-dealkylation sites (N-methyl/N-ethyl adjacent to an activating group) is 1. The molecular formula is C13H20N2. The maximum Gasteiger partial charge on any atom is 0.0403 e. The highest BCUT2D eigenvalue weighted by atomic mass is 15.1. The van der Waals surface area contributed by atoms with E-state index in [1.165, 1.54) is 16.8 Å². The number of hydrogen-bond donors (Lipinski definition) is 1. The summed E-state index contributed by atoms with van der Waals surface area (Å²) in [6, 6.07) is 7.07. The van der Waals surface area contributed by atoms with Gasteiger partial charge in [0, 0.05) is 31.2 Å². The summed E-state index contributed by atoms with van der Waals surface area (Å²) in [7, 11) is 4.20. The Morgan fingerprint density at radius 2 is 2.20 bits per heavy atom. The second kappa shape index (κ2) is 3.86. The normalized spacial score (nSPS) is 21.6. The molecule has 0 fully saturated rings. The molecule has 2 rings (SSSR count). The number of benzene rings is 1. The molecule has 2 unspecified atom stereocenters. The summed E-state index contributed by atoms with van der Waals surface area (Å²) in [6.07, 6.45) is 0. The average Bonchev–Trinajstić information content (AvgIpc) is 2.54. The molecule has 0 saturated carbocycles. The number of hydrogen-bond acceptors (Lipinski definition) is 2. The quantitative estimate of drug-likeness (QED) is 0.796. The van der Waals surface area contributed by atoms with Gasteiger partial charge >= 0.3 is 0 Å². The third-order valence-corrected chi connectivity index (χ3v) is 3.47. The first kappa shape index (κ1) is 10.5. The van der Waals surface area contributed by atoms with Gasteiger partial charge in [-0.15, -0.1) is 0 Å². The number of nitrogens with zero attached hydrogens (tertiary/aromatic N) is 1. The minimum absolute atomic E-state index is 0.439. The summed E-state index contributed by atoms with van der Waals surface area (Å²) in [5.41, 5.74) is 4.39. The van der Waals surface area contributed by atoms with E-state index < -0.39 is 0 Å². The van der Waals surface area contributed by atoms with Crippen molar-refractivity contribution in [2.75, 3.05) is 25.5 Å². The van der Waals surface area contributed by atoms with E-state index in [1.807, 2.05) is 7.05 Å². The van der Waals surface area contributed by atoms with E-state index in [0.717, 1.165) is 6.54 Å². The fraction of sp³-hybridized carbons (Fsp3) is 0.538. The molecule has 15 heavy (non-hydrogen) atoms. The molecule has 82 valence electrons. The van der Waals surface area contributed by atoms with E-state index in [9.17, 15) is 0 Å². The van der Waals surface area contributed by atoms with Gasteiger partial charge in [0.25, 0.3) is 0 Å². The summed E-state index contributed by atoms with van der Waals surface area (Å²) in [4.78, 5) is 2.35. The van der Waals surface area contributed by atoms with Gasteiger partial charge in [0.15, 0.2) is 0 Å². The van der Waals surface area contributed by atoms with Gasteiger partial charge in [-0.2, -0.15) is 0 Å². The van der Waals surface area contributed by atoms with Crippen molar-refractivity contribution in [3.8, 4) is 0 Å². The Hall–Kier alpha value is -1.02. The van der Waals surface area contributed by atoms with Crippen LogP contribution in [0.4, 0.5) is 5.69 Å². The molecule has 0 radical (unpaired) electrons. The standard InChI is InChI=1S/C13H20N2/c1-9-8-15(4)12-7-5-6-11(13(9)12)10(2)14-3/h5-7,9-10,14H,8H2,1-4H3. The van der Waals surface area contributed by atoms with Gasteiger partial charge in [-0.25, -0.2) is 0 Å². The smallest absolute Gasteiger partial charge is 0.0403 e. The fourth-order valence-corrected chi connectivity index (χ4v) is 2.57. The molecule has 2 nitrogen and oxygen atoms in total. The highest BCUT2D eigenvalue weighted by Crippen LogP contribution is 2.39. The third kappa shape index (κ3) is 1.63. The Balaban J connectivity index is 2.50. The Morgan fingerprint density at radius 1 is 1.47 bits per heavy atom. The fourth-order valence-electron chi connectivity index (χ4n) is 2.57. The number of anilines is 1. The lowest BCUT2D eigenvalue weighted by atomic mass is 9.93. The van der Waals surface area contributed by atoms with Crippen LogP contribution in [0.5, 0.6) is 0 Å². The monoisotopic (exact) mass is 204 g/mol. The van der Waals surface area contributed by atoms with Crippen molar-refractivity contribution in [2.45, 2.75) is 25.8 Å².